The van der Waals surface area contributed by atoms with E-state index in [4.69, 9.17) is 23.7 Å². The van der Waals surface area contributed by atoms with Gasteiger partial charge in [-0.1, -0.05) is 19.9 Å². The molecule has 0 saturated carbocycles. The van der Waals surface area contributed by atoms with Gasteiger partial charge < -0.3 is 28.8 Å². The van der Waals surface area contributed by atoms with Gasteiger partial charge in [-0.3, -0.25) is 4.79 Å². The molecule has 0 saturated heterocycles. The first-order valence-electron chi connectivity index (χ1n) is 10.6. The number of carbonyl (C=O) groups excluding carboxylic acids is 1. The van der Waals surface area contributed by atoms with Crippen molar-refractivity contribution in [2.24, 2.45) is 5.92 Å². The Bertz CT molecular complexity index is 906. The van der Waals surface area contributed by atoms with E-state index < -0.39 is 0 Å². The molecule has 0 aromatic heterocycles. The van der Waals surface area contributed by atoms with Crippen LogP contribution in [0.4, 0.5) is 0 Å². The molecule has 176 valence electrons. The Kier molecular flexibility index (Phi) is 9.65. The Morgan fingerprint density at radius 3 is 2.19 bits per heavy atom. The van der Waals surface area contributed by atoms with E-state index in [1.54, 1.807) is 33.5 Å². The van der Waals surface area contributed by atoms with Crippen molar-refractivity contribution in [1.29, 1.82) is 0 Å². The van der Waals surface area contributed by atoms with Crippen LogP contribution in [-0.2, 0) is 17.6 Å². The number of rotatable bonds is 13. The molecule has 1 N–H and O–H groups in total. The fraction of sp³-hybridized carbons (Fsp3) is 0.480. The molecule has 2 aromatic rings. The van der Waals surface area contributed by atoms with Crippen molar-refractivity contribution < 1.29 is 33.6 Å². The first-order chi connectivity index (χ1) is 15.4. The minimum Gasteiger partial charge on any atom is -0.507 e. The van der Waals surface area contributed by atoms with E-state index in [0.717, 1.165) is 12.0 Å². The lowest BCUT2D eigenvalue weighted by Gasteiger charge is -2.18. The van der Waals surface area contributed by atoms with Gasteiger partial charge >= 0.3 is 0 Å². The molecule has 0 amide bonds. The maximum Gasteiger partial charge on any atom is 0.188 e. The summed E-state index contributed by atoms with van der Waals surface area (Å²) < 4.78 is 26.7. The Hall–Kier alpha value is -2.93. The second kappa shape index (κ2) is 12.2. The van der Waals surface area contributed by atoms with Crippen molar-refractivity contribution in [2.75, 3.05) is 35.2 Å². The molecular formula is C25H34O7. The first kappa shape index (κ1) is 25.3. The summed E-state index contributed by atoms with van der Waals surface area (Å²) in [6.45, 7) is 4.31. The Labute approximate surface area is 190 Å². The van der Waals surface area contributed by atoms with Crippen LogP contribution in [0, 0.1) is 5.92 Å². The molecule has 0 bridgehead atoms. The van der Waals surface area contributed by atoms with Gasteiger partial charge in [0.15, 0.2) is 24.1 Å². The predicted octanol–water partition coefficient (Wildman–Crippen LogP) is 4.80. The van der Waals surface area contributed by atoms with E-state index in [9.17, 15) is 9.90 Å². The number of carbonyl (C=O) groups is 1. The number of ketones is 1. The third kappa shape index (κ3) is 6.29. The lowest BCUT2D eigenvalue weighted by molar-refractivity contribution is 0.0491. The number of hydrogen-bond acceptors (Lipinski definition) is 7. The van der Waals surface area contributed by atoms with Crippen LogP contribution in [0.2, 0.25) is 0 Å². The second-order valence-electron chi connectivity index (χ2n) is 7.88. The van der Waals surface area contributed by atoms with Gasteiger partial charge in [0.1, 0.15) is 22.8 Å². The molecule has 7 heteroatoms. The van der Waals surface area contributed by atoms with Crippen molar-refractivity contribution in [3.05, 3.63) is 41.0 Å². The highest BCUT2D eigenvalue weighted by atomic mass is 16.7. The summed E-state index contributed by atoms with van der Waals surface area (Å²) in [6.07, 6.45) is 2.12. The first-order valence-corrected chi connectivity index (χ1v) is 10.6. The van der Waals surface area contributed by atoms with Crippen molar-refractivity contribution in [1.82, 2.24) is 0 Å². The molecule has 7 nitrogen and oxygen atoms in total. The van der Waals surface area contributed by atoms with Crippen LogP contribution in [-0.4, -0.2) is 46.1 Å². The Balaban J connectivity index is 2.28. The normalized spacial score (nSPS) is 10.8. The molecule has 0 fully saturated rings. The summed E-state index contributed by atoms with van der Waals surface area (Å²) in [5.74, 6) is 2.13. The van der Waals surface area contributed by atoms with Crippen LogP contribution in [0.5, 0.6) is 28.7 Å². The van der Waals surface area contributed by atoms with E-state index in [0.29, 0.717) is 47.3 Å². The third-order valence-electron chi connectivity index (χ3n) is 5.22. The summed E-state index contributed by atoms with van der Waals surface area (Å²) in [7, 11) is 6.12. The zero-order valence-electron chi connectivity index (χ0n) is 19.8. The minimum atomic E-state index is -0.206. The third-order valence-corrected chi connectivity index (χ3v) is 5.22. The van der Waals surface area contributed by atoms with E-state index in [2.05, 4.69) is 13.8 Å². The summed E-state index contributed by atoms with van der Waals surface area (Å²) in [5, 5.41) is 11.0. The van der Waals surface area contributed by atoms with E-state index >= 15 is 0 Å². The van der Waals surface area contributed by atoms with Gasteiger partial charge in [0.25, 0.3) is 0 Å². The van der Waals surface area contributed by atoms with Crippen LogP contribution in [0.3, 0.4) is 0 Å². The zero-order chi connectivity index (χ0) is 23.7. The molecule has 0 heterocycles. The van der Waals surface area contributed by atoms with Crippen LogP contribution < -0.4 is 18.9 Å². The monoisotopic (exact) mass is 446 g/mol. The molecule has 0 radical (unpaired) electrons. The maximum atomic E-state index is 13.1. The quantitative estimate of drug-likeness (QED) is 0.349. The fourth-order valence-corrected chi connectivity index (χ4v) is 3.44. The van der Waals surface area contributed by atoms with Gasteiger partial charge in [-0.25, -0.2) is 0 Å². The van der Waals surface area contributed by atoms with Crippen molar-refractivity contribution in [3.8, 4) is 28.7 Å². The SMILES string of the molecule is COCOc1cc(CCC(=O)c2c(OC)cc(OC)c(CCC(C)C)c2O)ccc1OC. The number of aryl methyl sites for hydroxylation is 1. The van der Waals surface area contributed by atoms with Gasteiger partial charge in [0, 0.05) is 25.2 Å². The van der Waals surface area contributed by atoms with E-state index in [1.165, 1.54) is 7.11 Å². The highest BCUT2D eigenvalue weighted by Crippen LogP contribution is 2.40. The number of methoxy groups -OCH3 is 4. The number of phenols is 1. The van der Waals surface area contributed by atoms with Crippen molar-refractivity contribution in [2.45, 2.75) is 39.5 Å². The van der Waals surface area contributed by atoms with E-state index in [1.807, 2.05) is 12.1 Å². The summed E-state index contributed by atoms with van der Waals surface area (Å²) in [6, 6.07) is 7.17. The molecular weight excluding hydrogens is 412 g/mol. The lowest BCUT2D eigenvalue weighted by Crippen LogP contribution is -2.08. The number of phenolic OH excluding ortho intramolecular Hbond substituents is 1. The van der Waals surface area contributed by atoms with Crippen LogP contribution >= 0.6 is 0 Å². The largest absolute Gasteiger partial charge is 0.507 e. The molecule has 2 aromatic carbocycles. The van der Waals surface area contributed by atoms with Gasteiger partial charge in [0.05, 0.1) is 21.3 Å². The Morgan fingerprint density at radius 2 is 1.59 bits per heavy atom. The van der Waals surface area contributed by atoms with Crippen LogP contribution in [0.25, 0.3) is 0 Å². The van der Waals surface area contributed by atoms with Gasteiger partial charge in [0.2, 0.25) is 0 Å². The smallest absolute Gasteiger partial charge is 0.188 e. The number of ether oxygens (including phenoxy) is 5. The summed E-state index contributed by atoms with van der Waals surface area (Å²) in [4.78, 5) is 13.1. The minimum absolute atomic E-state index is 0.0642. The predicted molar refractivity (Wildman–Crippen MR) is 123 cm³/mol. The molecule has 0 aliphatic heterocycles. The molecule has 0 atom stereocenters. The number of aromatic hydroxyl groups is 1. The molecule has 32 heavy (non-hydrogen) atoms. The Morgan fingerprint density at radius 1 is 0.906 bits per heavy atom. The number of hydrogen-bond donors (Lipinski definition) is 1. The average molecular weight is 447 g/mol. The molecule has 0 spiro atoms. The lowest BCUT2D eigenvalue weighted by atomic mass is 9.94. The van der Waals surface area contributed by atoms with Crippen molar-refractivity contribution in [3.63, 3.8) is 0 Å². The molecule has 0 unspecified atom stereocenters. The molecule has 0 aliphatic rings. The summed E-state index contributed by atoms with van der Waals surface area (Å²) >= 11 is 0. The highest BCUT2D eigenvalue weighted by Gasteiger charge is 2.24. The highest BCUT2D eigenvalue weighted by molar-refractivity contribution is 6.02. The molecule has 0 aliphatic carbocycles. The second-order valence-corrected chi connectivity index (χ2v) is 7.88. The zero-order valence-corrected chi connectivity index (χ0v) is 19.8. The van der Waals surface area contributed by atoms with Crippen molar-refractivity contribution >= 4 is 5.78 Å². The average Bonchev–Trinajstić information content (AvgIpc) is 2.79. The maximum absolute atomic E-state index is 13.1. The summed E-state index contributed by atoms with van der Waals surface area (Å²) in [5.41, 5.74) is 1.72. The van der Waals surface area contributed by atoms with Gasteiger partial charge in [-0.2, -0.15) is 0 Å². The van der Waals surface area contributed by atoms with Gasteiger partial charge in [-0.05, 0) is 42.9 Å². The van der Waals surface area contributed by atoms with Gasteiger partial charge in [-0.15, -0.1) is 0 Å². The van der Waals surface area contributed by atoms with Crippen LogP contribution in [0.15, 0.2) is 24.3 Å². The van der Waals surface area contributed by atoms with E-state index in [-0.39, 0.29) is 30.3 Å². The van der Waals surface area contributed by atoms with Crippen LogP contribution in [0.1, 0.15) is 48.2 Å². The molecule has 2 rings (SSSR count). The number of Topliss-reactive ketones (excluding diaryl/α,β-unsaturated/α-hetero) is 1. The fourth-order valence-electron chi connectivity index (χ4n) is 3.44. The standard InChI is InChI=1S/C25H34O7/c1-16(2)7-10-18-21(30-5)14-23(31-6)24(25(18)27)19(26)11-8-17-9-12-20(29-4)22(13-17)32-15-28-3/h9,12-14,16,27H,7-8,10-11,15H2,1-6H3. The number of benzene rings is 2. The topological polar surface area (TPSA) is 83.5 Å².